The van der Waals surface area contributed by atoms with E-state index in [-0.39, 0.29) is 18.6 Å². The number of anilines is 3. The van der Waals surface area contributed by atoms with E-state index < -0.39 is 0 Å². The molecule has 2 aromatic rings. The van der Waals surface area contributed by atoms with Gasteiger partial charge in [0.25, 0.3) is 0 Å². The molecule has 0 radical (unpaired) electrons. The Bertz CT molecular complexity index is 729. The number of fused-ring (bicyclic) bond motifs is 1. The SMILES string of the molecule is O=C(Nc1ccc(Nc2ccc3c(c2)OCO3)nn1)C1CCC1. The molecule has 2 aliphatic rings. The molecule has 2 heterocycles. The van der Waals surface area contributed by atoms with Gasteiger partial charge in [0.2, 0.25) is 12.7 Å². The second-order valence-electron chi connectivity index (χ2n) is 5.61. The van der Waals surface area contributed by atoms with Gasteiger partial charge in [-0.25, -0.2) is 0 Å². The number of nitrogens with zero attached hydrogens (tertiary/aromatic N) is 2. The second-order valence-corrected chi connectivity index (χ2v) is 5.61. The summed E-state index contributed by atoms with van der Waals surface area (Å²) in [7, 11) is 0. The van der Waals surface area contributed by atoms with Crippen LogP contribution >= 0.6 is 0 Å². The van der Waals surface area contributed by atoms with Crippen molar-refractivity contribution in [3.8, 4) is 11.5 Å². The van der Waals surface area contributed by atoms with Gasteiger partial charge >= 0.3 is 0 Å². The van der Waals surface area contributed by atoms with Crippen molar-refractivity contribution in [2.75, 3.05) is 17.4 Å². The topological polar surface area (TPSA) is 85.4 Å². The molecule has 1 aliphatic carbocycles. The number of hydrogen-bond donors (Lipinski definition) is 2. The Kier molecular flexibility index (Phi) is 3.45. The normalized spacial score (nSPS) is 15.8. The van der Waals surface area contributed by atoms with E-state index in [9.17, 15) is 4.79 Å². The number of hydrogen-bond acceptors (Lipinski definition) is 6. The molecule has 0 saturated heterocycles. The average molecular weight is 312 g/mol. The van der Waals surface area contributed by atoms with Crippen molar-refractivity contribution in [1.82, 2.24) is 10.2 Å². The fourth-order valence-corrected chi connectivity index (χ4v) is 2.49. The molecule has 2 N–H and O–H groups in total. The first-order valence-corrected chi connectivity index (χ1v) is 7.59. The van der Waals surface area contributed by atoms with Crippen LogP contribution in [0.15, 0.2) is 30.3 Å². The van der Waals surface area contributed by atoms with Crippen molar-refractivity contribution < 1.29 is 14.3 Å². The van der Waals surface area contributed by atoms with Crippen molar-refractivity contribution >= 4 is 23.2 Å². The molecule has 1 aliphatic heterocycles. The number of aromatic nitrogens is 2. The maximum absolute atomic E-state index is 11.9. The number of nitrogens with one attached hydrogen (secondary N) is 2. The number of rotatable bonds is 4. The molecule has 7 nitrogen and oxygen atoms in total. The summed E-state index contributed by atoms with van der Waals surface area (Å²) in [5.41, 5.74) is 0.829. The molecular formula is C16H16N4O3. The van der Waals surface area contributed by atoms with Gasteiger partial charge < -0.3 is 20.1 Å². The molecule has 1 saturated carbocycles. The smallest absolute Gasteiger partial charge is 0.231 e. The molecular weight excluding hydrogens is 296 g/mol. The van der Waals surface area contributed by atoms with Gasteiger partial charge in [-0.15, -0.1) is 10.2 Å². The number of benzene rings is 1. The Labute approximate surface area is 133 Å². The lowest BCUT2D eigenvalue weighted by atomic mass is 9.85. The van der Waals surface area contributed by atoms with Crippen LogP contribution in [-0.2, 0) is 4.79 Å². The predicted octanol–water partition coefficient (Wildman–Crippen LogP) is 2.69. The summed E-state index contributed by atoms with van der Waals surface area (Å²) in [6, 6.07) is 9.07. The maximum atomic E-state index is 11.9. The van der Waals surface area contributed by atoms with Gasteiger partial charge in [-0.1, -0.05) is 6.42 Å². The molecule has 1 amide bonds. The summed E-state index contributed by atoms with van der Waals surface area (Å²) < 4.78 is 10.6. The lowest BCUT2D eigenvalue weighted by Crippen LogP contribution is -2.28. The van der Waals surface area contributed by atoms with Gasteiger partial charge in [0.15, 0.2) is 23.1 Å². The zero-order valence-corrected chi connectivity index (χ0v) is 12.4. The lowest BCUT2D eigenvalue weighted by molar-refractivity contribution is -0.122. The summed E-state index contributed by atoms with van der Waals surface area (Å²) in [5.74, 6) is 2.65. The highest BCUT2D eigenvalue weighted by molar-refractivity contribution is 5.92. The first-order valence-electron chi connectivity index (χ1n) is 7.59. The standard InChI is InChI=1S/C16H16N4O3/c21-16(10-2-1-3-10)18-15-7-6-14(19-20-15)17-11-4-5-12-13(8-11)23-9-22-12/h4-8,10H,1-3,9H2,(H,17,19)(H,18,20,21). The van der Waals surface area contributed by atoms with Crippen molar-refractivity contribution in [2.24, 2.45) is 5.92 Å². The third-order valence-corrected chi connectivity index (χ3v) is 4.04. The van der Waals surface area contributed by atoms with Gasteiger partial charge in [0, 0.05) is 17.7 Å². The summed E-state index contributed by atoms with van der Waals surface area (Å²) >= 11 is 0. The molecule has 1 aromatic carbocycles. The largest absolute Gasteiger partial charge is 0.454 e. The molecule has 0 bridgehead atoms. The average Bonchev–Trinajstić information content (AvgIpc) is 2.95. The van der Waals surface area contributed by atoms with Gasteiger partial charge in [0.05, 0.1) is 0 Å². The molecule has 0 spiro atoms. The highest BCUT2D eigenvalue weighted by atomic mass is 16.7. The quantitative estimate of drug-likeness (QED) is 0.903. The summed E-state index contributed by atoms with van der Waals surface area (Å²) in [6.45, 7) is 0.244. The zero-order chi connectivity index (χ0) is 15.6. The van der Waals surface area contributed by atoms with Crippen molar-refractivity contribution in [3.63, 3.8) is 0 Å². The molecule has 0 unspecified atom stereocenters. The number of amides is 1. The maximum Gasteiger partial charge on any atom is 0.231 e. The Morgan fingerprint density at radius 1 is 1.04 bits per heavy atom. The molecule has 4 rings (SSSR count). The van der Waals surface area contributed by atoms with Gasteiger partial charge in [0.1, 0.15) is 0 Å². The van der Waals surface area contributed by atoms with E-state index in [1.54, 1.807) is 12.1 Å². The van der Waals surface area contributed by atoms with Crippen LogP contribution in [0.4, 0.5) is 17.3 Å². The molecule has 1 fully saturated rings. The van der Waals surface area contributed by atoms with Gasteiger partial charge in [-0.2, -0.15) is 0 Å². The van der Waals surface area contributed by atoms with E-state index >= 15 is 0 Å². The van der Waals surface area contributed by atoms with E-state index in [1.807, 2.05) is 18.2 Å². The van der Waals surface area contributed by atoms with Crippen LogP contribution in [-0.4, -0.2) is 22.9 Å². The Hall–Kier alpha value is -2.83. The van der Waals surface area contributed by atoms with Crippen molar-refractivity contribution in [2.45, 2.75) is 19.3 Å². The summed E-state index contributed by atoms with van der Waals surface area (Å²) in [6.07, 6.45) is 3.05. The fourth-order valence-electron chi connectivity index (χ4n) is 2.49. The number of carbonyl (C=O) groups is 1. The minimum Gasteiger partial charge on any atom is -0.454 e. The predicted molar refractivity (Wildman–Crippen MR) is 83.9 cm³/mol. The Morgan fingerprint density at radius 2 is 1.83 bits per heavy atom. The first-order chi connectivity index (χ1) is 11.3. The van der Waals surface area contributed by atoms with E-state index in [0.717, 1.165) is 30.7 Å². The monoisotopic (exact) mass is 312 g/mol. The molecule has 0 atom stereocenters. The molecule has 1 aromatic heterocycles. The van der Waals surface area contributed by atoms with Crippen LogP contribution < -0.4 is 20.1 Å². The van der Waals surface area contributed by atoms with Crippen molar-refractivity contribution in [3.05, 3.63) is 30.3 Å². The Balaban J connectivity index is 1.40. The van der Waals surface area contributed by atoms with E-state index in [1.165, 1.54) is 0 Å². The summed E-state index contributed by atoms with van der Waals surface area (Å²) in [4.78, 5) is 11.9. The van der Waals surface area contributed by atoms with E-state index in [4.69, 9.17) is 9.47 Å². The third kappa shape index (κ3) is 2.90. The van der Waals surface area contributed by atoms with Gasteiger partial charge in [-0.3, -0.25) is 4.79 Å². The van der Waals surface area contributed by atoms with E-state index in [2.05, 4.69) is 20.8 Å². The molecule has 118 valence electrons. The second kappa shape index (κ2) is 5.75. The Morgan fingerprint density at radius 3 is 2.57 bits per heavy atom. The molecule has 23 heavy (non-hydrogen) atoms. The highest BCUT2D eigenvalue weighted by Gasteiger charge is 2.25. The minimum atomic E-state index is 0.0297. The summed E-state index contributed by atoms with van der Waals surface area (Å²) in [5, 5.41) is 14.0. The third-order valence-electron chi connectivity index (χ3n) is 4.04. The van der Waals surface area contributed by atoms with Crippen LogP contribution in [0, 0.1) is 5.92 Å². The van der Waals surface area contributed by atoms with Gasteiger partial charge in [-0.05, 0) is 37.1 Å². The van der Waals surface area contributed by atoms with Crippen molar-refractivity contribution in [1.29, 1.82) is 0 Å². The minimum absolute atomic E-state index is 0.0297. The number of carbonyl (C=O) groups excluding carboxylic acids is 1. The highest BCUT2D eigenvalue weighted by Crippen LogP contribution is 2.34. The molecule has 7 heteroatoms. The lowest BCUT2D eigenvalue weighted by Gasteiger charge is -2.23. The number of ether oxygens (including phenoxy) is 2. The van der Waals surface area contributed by atoms with Crippen LogP contribution in [0.2, 0.25) is 0 Å². The van der Waals surface area contributed by atoms with Crippen LogP contribution in [0.3, 0.4) is 0 Å². The fraction of sp³-hybridized carbons (Fsp3) is 0.312. The first kappa shape index (κ1) is 13.8. The van der Waals surface area contributed by atoms with Crippen LogP contribution in [0.5, 0.6) is 11.5 Å². The van der Waals surface area contributed by atoms with Crippen LogP contribution in [0.1, 0.15) is 19.3 Å². The zero-order valence-electron chi connectivity index (χ0n) is 12.4. The van der Waals surface area contributed by atoms with E-state index in [0.29, 0.717) is 17.4 Å². The van der Waals surface area contributed by atoms with Crippen LogP contribution in [0.25, 0.3) is 0 Å².